The molecule has 166 valence electrons. The number of nitrogens with two attached hydrogens (primary N) is 1. The van der Waals surface area contributed by atoms with Crippen molar-refractivity contribution in [3.05, 3.63) is 67.2 Å². The first-order chi connectivity index (χ1) is 15.9. The highest BCUT2D eigenvalue weighted by Crippen LogP contribution is 2.49. The summed E-state index contributed by atoms with van der Waals surface area (Å²) >= 11 is 19.3. The first-order valence-corrected chi connectivity index (χ1v) is 15.1. The van der Waals surface area contributed by atoms with Crippen LogP contribution in [0.4, 0.5) is 11.4 Å². The van der Waals surface area contributed by atoms with Crippen molar-refractivity contribution in [1.82, 2.24) is 0 Å². The number of benzene rings is 1. The Morgan fingerprint density at radius 2 is 1.18 bits per heavy atom. The van der Waals surface area contributed by atoms with Gasteiger partial charge in [-0.3, -0.25) is 0 Å². The lowest BCUT2D eigenvalue weighted by Crippen LogP contribution is -1.91. The van der Waals surface area contributed by atoms with Crippen molar-refractivity contribution in [2.24, 2.45) is 4.36 Å². The average molecular weight is 653 g/mol. The minimum atomic E-state index is 0.633. The minimum Gasteiger partial charge on any atom is -0.396 e. The predicted octanol–water partition coefficient (Wildman–Crippen LogP) is 10.7. The molecule has 0 aliphatic heterocycles. The molecule has 0 bridgehead atoms. The van der Waals surface area contributed by atoms with Crippen LogP contribution in [0.2, 0.25) is 0 Å². The third kappa shape index (κ3) is 4.45. The zero-order chi connectivity index (χ0) is 23.3. The van der Waals surface area contributed by atoms with Gasteiger partial charge in [0.1, 0.15) is 5.69 Å². The van der Waals surface area contributed by atoms with Gasteiger partial charge in [-0.2, -0.15) is 4.36 Å². The van der Waals surface area contributed by atoms with E-state index in [1.165, 1.54) is 30.6 Å². The van der Waals surface area contributed by atoms with E-state index in [-0.39, 0.29) is 0 Å². The summed E-state index contributed by atoms with van der Waals surface area (Å²) in [4.78, 5) is 7.28. The number of anilines is 1. The van der Waals surface area contributed by atoms with Gasteiger partial charge >= 0.3 is 0 Å². The summed E-state index contributed by atoms with van der Waals surface area (Å²) in [6, 6.07) is 17.1. The highest BCUT2D eigenvalue weighted by Gasteiger charge is 2.19. The molecule has 0 unspecified atom stereocenters. The molecule has 0 atom stereocenters. The molecule has 0 amide bonds. The Hall–Kier alpha value is -1.20. The fourth-order valence-corrected chi connectivity index (χ4v) is 9.44. The standard InChI is InChI=1S/C24H16Br2N2S5/c1-11-9-17(32-23(11)15-5-7-19(25)30-15)13-3-4-14(22(28-29)21(13)27)18-10-12(2)24(33-18)16-6-8-20(26)31-16/h3-10H,27H2,1-2H3. The van der Waals surface area contributed by atoms with Crippen molar-refractivity contribution < 1.29 is 0 Å². The van der Waals surface area contributed by atoms with Crippen molar-refractivity contribution in [3.8, 4) is 40.4 Å². The lowest BCUT2D eigenvalue weighted by Gasteiger charge is -2.10. The van der Waals surface area contributed by atoms with Crippen LogP contribution >= 0.6 is 77.2 Å². The van der Waals surface area contributed by atoms with Crippen molar-refractivity contribution in [2.75, 3.05) is 5.73 Å². The van der Waals surface area contributed by atoms with Gasteiger partial charge in [0.15, 0.2) is 0 Å². The van der Waals surface area contributed by atoms with E-state index >= 15 is 0 Å². The van der Waals surface area contributed by atoms with E-state index in [0.717, 1.165) is 28.5 Å². The lowest BCUT2D eigenvalue weighted by atomic mass is 10.0. The molecule has 5 rings (SSSR count). The van der Waals surface area contributed by atoms with Crippen LogP contribution in [0.25, 0.3) is 40.4 Å². The van der Waals surface area contributed by atoms with Gasteiger partial charge in [-0.1, -0.05) is 12.1 Å². The summed E-state index contributed by atoms with van der Waals surface area (Å²) in [7, 11) is 0. The first kappa shape index (κ1) is 23.5. The van der Waals surface area contributed by atoms with Crippen LogP contribution in [0.5, 0.6) is 0 Å². The number of hydrogen-bond acceptors (Lipinski definition) is 7. The van der Waals surface area contributed by atoms with Crippen LogP contribution in [0, 0.1) is 13.8 Å². The molecule has 4 aromatic heterocycles. The molecule has 2 N–H and O–H groups in total. The number of aryl methyl sites for hydroxylation is 2. The third-order valence-electron chi connectivity index (χ3n) is 5.27. The van der Waals surface area contributed by atoms with Crippen molar-refractivity contribution in [3.63, 3.8) is 0 Å². The Morgan fingerprint density at radius 1 is 0.697 bits per heavy atom. The summed E-state index contributed by atoms with van der Waals surface area (Å²) in [5, 5.41) is 0. The van der Waals surface area contributed by atoms with E-state index < -0.39 is 0 Å². The maximum Gasteiger partial charge on any atom is 0.109 e. The second-order valence-corrected chi connectivity index (χ2v) is 14.7. The summed E-state index contributed by atoms with van der Waals surface area (Å²) in [5.74, 6) is 0. The smallest absolute Gasteiger partial charge is 0.109 e. The molecule has 0 spiro atoms. The zero-order valence-electron chi connectivity index (χ0n) is 17.4. The molecule has 5 aromatic rings. The van der Waals surface area contributed by atoms with E-state index in [9.17, 15) is 0 Å². The van der Waals surface area contributed by atoms with Crippen LogP contribution < -0.4 is 5.73 Å². The van der Waals surface area contributed by atoms with E-state index in [1.54, 1.807) is 45.3 Å². The number of halogens is 2. The summed E-state index contributed by atoms with van der Waals surface area (Å²) < 4.78 is 6.45. The fourth-order valence-electron chi connectivity index (χ4n) is 3.71. The number of nitrogen functional groups attached to an aromatic ring is 1. The lowest BCUT2D eigenvalue weighted by molar-refractivity contribution is 1.53. The Bertz CT molecular complexity index is 1510. The molecule has 0 radical (unpaired) electrons. The number of nitrogens with zero attached hydrogens (tertiary/aromatic N) is 1. The van der Waals surface area contributed by atoms with Gasteiger partial charge < -0.3 is 5.73 Å². The van der Waals surface area contributed by atoms with Gasteiger partial charge in [0.25, 0.3) is 0 Å². The maximum absolute atomic E-state index is 6.67. The van der Waals surface area contributed by atoms with Crippen LogP contribution in [0.15, 0.2) is 60.5 Å². The largest absolute Gasteiger partial charge is 0.396 e. The summed E-state index contributed by atoms with van der Waals surface area (Å²) in [5.41, 5.74) is 12.4. The van der Waals surface area contributed by atoms with Crippen LogP contribution in [-0.4, -0.2) is 0 Å². The van der Waals surface area contributed by atoms with Gasteiger partial charge in [0.2, 0.25) is 0 Å². The minimum absolute atomic E-state index is 0.633. The molecule has 0 aliphatic rings. The monoisotopic (exact) mass is 650 g/mol. The van der Waals surface area contributed by atoms with Gasteiger partial charge in [-0.15, -0.1) is 45.3 Å². The molecule has 9 heteroatoms. The first-order valence-electron chi connectivity index (χ1n) is 9.84. The van der Waals surface area contributed by atoms with E-state index in [0.29, 0.717) is 11.4 Å². The molecule has 1 aromatic carbocycles. The molecule has 0 saturated carbocycles. The van der Waals surface area contributed by atoms with Gasteiger partial charge in [-0.25, -0.2) is 0 Å². The molecule has 2 nitrogen and oxygen atoms in total. The summed E-state index contributed by atoms with van der Waals surface area (Å²) in [6.07, 6.45) is 0. The molecule has 33 heavy (non-hydrogen) atoms. The van der Waals surface area contributed by atoms with Gasteiger partial charge in [0.05, 0.1) is 13.3 Å². The molecular formula is C24H16Br2N2S5. The SMILES string of the molecule is Cc1cc(-c2ccc(-c3cc(C)c(-c4ccc(Br)s4)s3)c(N=S)c2N)sc1-c1ccc(Br)s1. The number of rotatable bonds is 5. The molecule has 0 saturated heterocycles. The fraction of sp³-hybridized carbons (Fsp3) is 0.0833. The Kier molecular flexibility index (Phi) is 6.74. The zero-order valence-corrected chi connectivity index (χ0v) is 24.7. The van der Waals surface area contributed by atoms with E-state index in [2.05, 4.69) is 98.6 Å². The third-order valence-corrected chi connectivity index (χ3v) is 11.6. The van der Waals surface area contributed by atoms with Gasteiger partial charge in [-0.05, 0) is 93.2 Å². The maximum atomic E-state index is 6.67. The molecular weight excluding hydrogens is 636 g/mol. The second-order valence-electron chi connectivity index (χ2n) is 7.47. The highest BCUT2D eigenvalue weighted by molar-refractivity contribution is 9.11. The number of thiophene rings is 4. The van der Waals surface area contributed by atoms with E-state index in [4.69, 9.17) is 18.2 Å². The van der Waals surface area contributed by atoms with Gasteiger partial charge in [0, 0.05) is 52.8 Å². The number of hydrogen-bond donors (Lipinski definition) is 1. The predicted molar refractivity (Wildman–Crippen MR) is 158 cm³/mol. The Labute approximate surface area is 230 Å². The Balaban J connectivity index is 1.58. The van der Waals surface area contributed by atoms with E-state index in [1.807, 2.05) is 0 Å². The molecule has 0 fully saturated rings. The summed E-state index contributed by atoms with van der Waals surface area (Å²) in [6.45, 7) is 4.29. The van der Waals surface area contributed by atoms with Crippen LogP contribution in [-0.2, 0) is 12.4 Å². The van der Waals surface area contributed by atoms with Crippen molar-refractivity contribution in [2.45, 2.75) is 13.8 Å². The average Bonchev–Trinajstić information content (AvgIpc) is 3.55. The second kappa shape index (κ2) is 9.45. The van der Waals surface area contributed by atoms with Crippen LogP contribution in [0.3, 0.4) is 0 Å². The normalized spacial score (nSPS) is 11.3. The van der Waals surface area contributed by atoms with Crippen molar-refractivity contribution in [1.29, 1.82) is 0 Å². The molecule has 0 aliphatic carbocycles. The Morgan fingerprint density at radius 3 is 1.64 bits per heavy atom. The van der Waals surface area contributed by atoms with Crippen LogP contribution in [0.1, 0.15) is 11.1 Å². The highest BCUT2D eigenvalue weighted by atomic mass is 79.9. The van der Waals surface area contributed by atoms with Crippen molar-refractivity contribution >= 4 is 101 Å². The topological polar surface area (TPSA) is 38.4 Å². The quantitative estimate of drug-likeness (QED) is 0.192. The molecule has 4 heterocycles.